The highest BCUT2D eigenvalue weighted by atomic mass is 16.5. The van der Waals surface area contributed by atoms with Gasteiger partial charge < -0.3 is 19.4 Å². The van der Waals surface area contributed by atoms with Crippen molar-refractivity contribution in [2.45, 2.75) is 38.8 Å². The number of carbonyl (C=O) groups is 3. The summed E-state index contributed by atoms with van der Waals surface area (Å²) in [5.74, 6) is -0.159. The lowest BCUT2D eigenvalue weighted by Crippen LogP contribution is -2.54. The van der Waals surface area contributed by atoms with Crippen LogP contribution in [-0.4, -0.2) is 77.9 Å². The van der Waals surface area contributed by atoms with Crippen LogP contribution in [0.4, 0.5) is 0 Å². The molecule has 3 aliphatic heterocycles. The largest absolute Gasteiger partial charge is 0.368 e. The number of benzene rings is 1. The first-order chi connectivity index (χ1) is 14.0. The molecule has 0 N–H and O–H groups in total. The normalized spacial score (nSPS) is 25.0. The molecule has 1 aromatic rings. The molecule has 3 amide bonds. The number of ether oxygens (including phenoxy) is 1. The first-order valence-corrected chi connectivity index (χ1v) is 10.5. The van der Waals surface area contributed by atoms with Crippen LogP contribution in [0.25, 0.3) is 0 Å². The molecule has 29 heavy (non-hydrogen) atoms. The van der Waals surface area contributed by atoms with E-state index in [0.29, 0.717) is 45.9 Å². The topological polar surface area (TPSA) is 70.2 Å². The highest BCUT2D eigenvalue weighted by molar-refractivity contribution is 5.89. The highest BCUT2D eigenvalue weighted by Crippen LogP contribution is 2.23. The second kappa shape index (κ2) is 8.53. The molecule has 2 atom stereocenters. The van der Waals surface area contributed by atoms with Gasteiger partial charge >= 0.3 is 0 Å². The predicted molar refractivity (Wildman–Crippen MR) is 107 cm³/mol. The molecule has 156 valence electrons. The second-order valence-electron chi connectivity index (χ2n) is 8.31. The van der Waals surface area contributed by atoms with Gasteiger partial charge in [-0.25, -0.2) is 0 Å². The van der Waals surface area contributed by atoms with E-state index in [1.807, 2.05) is 41.0 Å². The number of rotatable bonds is 4. The van der Waals surface area contributed by atoms with E-state index in [4.69, 9.17) is 4.74 Å². The maximum Gasteiger partial charge on any atom is 0.251 e. The minimum atomic E-state index is -0.306. The van der Waals surface area contributed by atoms with Gasteiger partial charge in [-0.2, -0.15) is 0 Å². The van der Waals surface area contributed by atoms with Crippen molar-refractivity contribution in [2.24, 2.45) is 5.92 Å². The van der Waals surface area contributed by atoms with E-state index in [2.05, 4.69) is 0 Å². The zero-order chi connectivity index (χ0) is 20.4. The van der Waals surface area contributed by atoms with E-state index in [-0.39, 0.29) is 36.2 Å². The van der Waals surface area contributed by atoms with Crippen LogP contribution in [0.15, 0.2) is 24.3 Å². The fraction of sp³-hybridized carbons (Fsp3) is 0.591. The third-order valence-electron chi connectivity index (χ3n) is 6.17. The molecule has 0 spiro atoms. The quantitative estimate of drug-likeness (QED) is 0.763. The molecule has 0 aliphatic carbocycles. The molecule has 1 aromatic carbocycles. The van der Waals surface area contributed by atoms with Crippen LogP contribution >= 0.6 is 0 Å². The van der Waals surface area contributed by atoms with Gasteiger partial charge in [0.2, 0.25) is 11.8 Å². The molecule has 7 nitrogen and oxygen atoms in total. The predicted octanol–water partition coefficient (Wildman–Crippen LogP) is 1.19. The fourth-order valence-corrected chi connectivity index (χ4v) is 4.39. The van der Waals surface area contributed by atoms with Gasteiger partial charge in [-0.1, -0.05) is 29.8 Å². The molecular weight excluding hydrogens is 370 g/mol. The summed E-state index contributed by atoms with van der Waals surface area (Å²) in [6.45, 7) is 5.85. The first-order valence-electron chi connectivity index (χ1n) is 10.5. The molecule has 4 rings (SSSR count). The SMILES string of the molecule is Cc1ccc(CN2C[C@@H](C(=O)N3CCN(C(=O)[C@@H]4CCCO4)CC3)CC2=O)cc1. The molecule has 3 heterocycles. The molecule has 0 aromatic heterocycles. The standard InChI is InChI=1S/C22H29N3O4/c1-16-4-6-17(7-5-16)14-25-15-18(13-20(25)26)21(27)23-8-10-24(11-9-23)22(28)19-3-2-12-29-19/h4-7,18-19H,2-3,8-15H2,1H3/t18-,19-/m0/s1. The summed E-state index contributed by atoms with van der Waals surface area (Å²) in [6.07, 6.45) is 1.70. The summed E-state index contributed by atoms with van der Waals surface area (Å²) in [6, 6.07) is 8.13. The number of nitrogens with zero attached hydrogens (tertiary/aromatic N) is 3. The average molecular weight is 399 g/mol. The summed E-state index contributed by atoms with van der Waals surface area (Å²) in [7, 11) is 0. The molecule has 3 aliphatic rings. The Morgan fingerprint density at radius 3 is 2.31 bits per heavy atom. The second-order valence-corrected chi connectivity index (χ2v) is 8.31. The summed E-state index contributed by atoms with van der Waals surface area (Å²) < 4.78 is 5.49. The van der Waals surface area contributed by atoms with Crippen molar-refractivity contribution < 1.29 is 19.1 Å². The van der Waals surface area contributed by atoms with E-state index in [1.54, 1.807) is 4.90 Å². The Balaban J connectivity index is 1.28. The molecule has 3 saturated heterocycles. The first kappa shape index (κ1) is 19.9. The number of hydrogen-bond donors (Lipinski definition) is 0. The third kappa shape index (κ3) is 4.45. The van der Waals surface area contributed by atoms with E-state index < -0.39 is 0 Å². The van der Waals surface area contributed by atoms with E-state index in [0.717, 1.165) is 18.4 Å². The van der Waals surface area contributed by atoms with Crippen LogP contribution in [0.1, 0.15) is 30.4 Å². The number of carbonyl (C=O) groups excluding carboxylic acids is 3. The lowest BCUT2D eigenvalue weighted by molar-refractivity contribution is -0.147. The summed E-state index contributed by atoms with van der Waals surface area (Å²) in [4.78, 5) is 43.2. The Bertz CT molecular complexity index is 765. The van der Waals surface area contributed by atoms with Crippen molar-refractivity contribution in [3.63, 3.8) is 0 Å². The minimum Gasteiger partial charge on any atom is -0.368 e. The van der Waals surface area contributed by atoms with Crippen molar-refractivity contribution in [2.75, 3.05) is 39.3 Å². The van der Waals surface area contributed by atoms with Crippen molar-refractivity contribution in [1.29, 1.82) is 0 Å². The van der Waals surface area contributed by atoms with Crippen LogP contribution in [0.3, 0.4) is 0 Å². The molecule has 7 heteroatoms. The van der Waals surface area contributed by atoms with Crippen LogP contribution in [0.5, 0.6) is 0 Å². The zero-order valence-electron chi connectivity index (χ0n) is 17.0. The number of piperazine rings is 1. The van der Waals surface area contributed by atoms with Gasteiger partial charge in [0.15, 0.2) is 0 Å². The smallest absolute Gasteiger partial charge is 0.251 e. The maximum atomic E-state index is 12.9. The summed E-state index contributed by atoms with van der Waals surface area (Å²) in [5.41, 5.74) is 2.27. The Hall–Kier alpha value is -2.41. The van der Waals surface area contributed by atoms with Gasteiger partial charge in [-0.3, -0.25) is 14.4 Å². The summed E-state index contributed by atoms with van der Waals surface area (Å²) in [5, 5.41) is 0. The zero-order valence-corrected chi connectivity index (χ0v) is 17.0. The third-order valence-corrected chi connectivity index (χ3v) is 6.17. The minimum absolute atomic E-state index is 0.0361. The fourth-order valence-electron chi connectivity index (χ4n) is 4.39. The highest BCUT2D eigenvalue weighted by Gasteiger charge is 2.38. The molecule has 0 bridgehead atoms. The Kier molecular flexibility index (Phi) is 5.85. The van der Waals surface area contributed by atoms with Gasteiger partial charge in [0.05, 0.1) is 5.92 Å². The Morgan fingerprint density at radius 2 is 1.69 bits per heavy atom. The molecule has 0 radical (unpaired) electrons. The van der Waals surface area contributed by atoms with Gasteiger partial charge in [0, 0.05) is 52.3 Å². The number of likely N-dealkylation sites (tertiary alicyclic amines) is 1. The van der Waals surface area contributed by atoms with Gasteiger partial charge in [-0.15, -0.1) is 0 Å². The van der Waals surface area contributed by atoms with Crippen LogP contribution in [0, 0.1) is 12.8 Å². The van der Waals surface area contributed by atoms with Crippen molar-refractivity contribution >= 4 is 17.7 Å². The Morgan fingerprint density at radius 1 is 1.03 bits per heavy atom. The van der Waals surface area contributed by atoms with Gasteiger partial charge in [0.25, 0.3) is 5.91 Å². The molecular formula is C22H29N3O4. The lowest BCUT2D eigenvalue weighted by Gasteiger charge is -2.36. The van der Waals surface area contributed by atoms with E-state index >= 15 is 0 Å². The molecule has 3 fully saturated rings. The van der Waals surface area contributed by atoms with Crippen LogP contribution in [0.2, 0.25) is 0 Å². The number of amides is 3. The average Bonchev–Trinajstić information content (AvgIpc) is 3.39. The van der Waals surface area contributed by atoms with Crippen molar-refractivity contribution in [3.05, 3.63) is 35.4 Å². The monoisotopic (exact) mass is 399 g/mol. The van der Waals surface area contributed by atoms with Crippen molar-refractivity contribution in [1.82, 2.24) is 14.7 Å². The lowest BCUT2D eigenvalue weighted by atomic mass is 10.1. The van der Waals surface area contributed by atoms with E-state index in [9.17, 15) is 14.4 Å². The number of aryl methyl sites for hydroxylation is 1. The molecule has 0 saturated carbocycles. The maximum absolute atomic E-state index is 12.9. The number of hydrogen-bond acceptors (Lipinski definition) is 4. The van der Waals surface area contributed by atoms with Gasteiger partial charge in [0.1, 0.15) is 6.10 Å². The molecule has 0 unspecified atom stereocenters. The van der Waals surface area contributed by atoms with Gasteiger partial charge in [-0.05, 0) is 25.3 Å². The van der Waals surface area contributed by atoms with Crippen molar-refractivity contribution in [3.8, 4) is 0 Å². The Labute approximate surface area is 171 Å². The van der Waals surface area contributed by atoms with Crippen LogP contribution < -0.4 is 0 Å². The van der Waals surface area contributed by atoms with Crippen LogP contribution in [-0.2, 0) is 25.7 Å². The van der Waals surface area contributed by atoms with E-state index in [1.165, 1.54) is 5.56 Å². The summed E-state index contributed by atoms with van der Waals surface area (Å²) >= 11 is 0.